The second-order valence-electron chi connectivity index (χ2n) is 6.03. The SMILES string of the molecule is Cc1ccc(-c2nnc(CN3CC(C)NC(C)C3)o2)cc1. The molecule has 2 heterocycles. The van der Waals surface area contributed by atoms with Crippen LogP contribution in [0, 0.1) is 6.92 Å². The summed E-state index contributed by atoms with van der Waals surface area (Å²) >= 11 is 0. The van der Waals surface area contributed by atoms with E-state index < -0.39 is 0 Å². The Morgan fingerprint density at radius 3 is 2.48 bits per heavy atom. The minimum atomic E-state index is 0.494. The Balaban J connectivity index is 1.69. The van der Waals surface area contributed by atoms with Crippen molar-refractivity contribution in [1.82, 2.24) is 20.4 Å². The van der Waals surface area contributed by atoms with E-state index in [0.717, 1.165) is 25.2 Å². The minimum absolute atomic E-state index is 0.494. The highest BCUT2D eigenvalue weighted by Crippen LogP contribution is 2.19. The molecule has 1 N–H and O–H groups in total. The van der Waals surface area contributed by atoms with Crippen LogP contribution in [0.1, 0.15) is 25.3 Å². The van der Waals surface area contributed by atoms with E-state index in [-0.39, 0.29) is 0 Å². The summed E-state index contributed by atoms with van der Waals surface area (Å²) in [6, 6.07) is 9.13. The third kappa shape index (κ3) is 3.49. The Labute approximate surface area is 125 Å². The van der Waals surface area contributed by atoms with Gasteiger partial charge in [-0.25, -0.2) is 0 Å². The molecule has 112 valence electrons. The largest absolute Gasteiger partial charge is 0.419 e. The Morgan fingerprint density at radius 1 is 1.14 bits per heavy atom. The van der Waals surface area contributed by atoms with E-state index in [1.165, 1.54) is 5.56 Å². The van der Waals surface area contributed by atoms with Crippen LogP contribution in [-0.4, -0.2) is 40.3 Å². The Hall–Kier alpha value is -1.72. The van der Waals surface area contributed by atoms with Crippen molar-refractivity contribution in [2.45, 2.75) is 39.4 Å². The molecule has 5 heteroatoms. The lowest BCUT2D eigenvalue weighted by molar-refractivity contribution is 0.154. The first-order valence-corrected chi connectivity index (χ1v) is 7.48. The first-order chi connectivity index (χ1) is 10.1. The zero-order valence-corrected chi connectivity index (χ0v) is 12.8. The average Bonchev–Trinajstić information content (AvgIpc) is 2.87. The van der Waals surface area contributed by atoms with Gasteiger partial charge in [0.25, 0.3) is 0 Å². The van der Waals surface area contributed by atoms with E-state index in [0.29, 0.717) is 23.9 Å². The van der Waals surface area contributed by atoms with Crippen molar-refractivity contribution >= 4 is 0 Å². The highest BCUT2D eigenvalue weighted by molar-refractivity contribution is 5.52. The third-order valence-electron chi connectivity index (χ3n) is 3.76. The number of hydrogen-bond donors (Lipinski definition) is 1. The fourth-order valence-corrected chi connectivity index (χ4v) is 2.89. The summed E-state index contributed by atoms with van der Waals surface area (Å²) in [6.07, 6.45) is 0. The summed E-state index contributed by atoms with van der Waals surface area (Å²) in [7, 11) is 0. The van der Waals surface area contributed by atoms with Crippen LogP contribution >= 0.6 is 0 Å². The highest BCUT2D eigenvalue weighted by atomic mass is 16.4. The van der Waals surface area contributed by atoms with Crippen molar-refractivity contribution in [3.8, 4) is 11.5 Å². The number of aromatic nitrogens is 2. The maximum Gasteiger partial charge on any atom is 0.247 e. The first-order valence-electron chi connectivity index (χ1n) is 7.48. The van der Waals surface area contributed by atoms with Crippen molar-refractivity contribution in [3.63, 3.8) is 0 Å². The average molecular weight is 286 g/mol. The van der Waals surface area contributed by atoms with Gasteiger partial charge < -0.3 is 9.73 Å². The zero-order valence-electron chi connectivity index (χ0n) is 12.8. The number of nitrogens with zero attached hydrogens (tertiary/aromatic N) is 3. The maximum absolute atomic E-state index is 5.80. The van der Waals surface area contributed by atoms with Crippen LogP contribution in [0.5, 0.6) is 0 Å². The lowest BCUT2D eigenvalue weighted by Crippen LogP contribution is -2.53. The van der Waals surface area contributed by atoms with Crippen molar-refractivity contribution in [3.05, 3.63) is 35.7 Å². The van der Waals surface area contributed by atoms with Gasteiger partial charge in [0.15, 0.2) is 0 Å². The van der Waals surface area contributed by atoms with Gasteiger partial charge in [0.2, 0.25) is 11.8 Å². The predicted molar refractivity (Wildman–Crippen MR) is 81.8 cm³/mol. The van der Waals surface area contributed by atoms with Crippen molar-refractivity contribution in [1.29, 1.82) is 0 Å². The summed E-state index contributed by atoms with van der Waals surface area (Å²) in [6.45, 7) is 9.20. The highest BCUT2D eigenvalue weighted by Gasteiger charge is 2.22. The number of hydrogen-bond acceptors (Lipinski definition) is 5. The van der Waals surface area contributed by atoms with Crippen LogP contribution in [0.25, 0.3) is 11.5 Å². The normalized spacial score (nSPS) is 23.4. The topological polar surface area (TPSA) is 54.2 Å². The molecule has 1 aliphatic heterocycles. The van der Waals surface area contributed by atoms with Gasteiger partial charge >= 0.3 is 0 Å². The fourth-order valence-electron chi connectivity index (χ4n) is 2.89. The fraction of sp³-hybridized carbons (Fsp3) is 0.500. The van der Waals surface area contributed by atoms with E-state index >= 15 is 0 Å². The van der Waals surface area contributed by atoms with Gasteiger partial charge in [-0.2, -0.15) is 0 Å². The molecule has 2 atom stereocenters. The molecular weight excluding hydrogens is 264 g/mol. The molecule has 0 spiro atoms. The molecule has 1 fully saturated rings. The summed E-state index contributed by atoms with van der Waals surface area (Å²) in [5, 5.41) is 11.9. The molecule has 1 aromatic heterocycles. The Morgan fingerprint density at radius 2 is 1.81 bits per heavy atom. The van der Waals surface area contributed by atoms with Gasteiger partial charge in [0.1, 0.15) is 0 Å². The van der Waals surface area contributed by atoms with Crippen molar-refractivity contribution in [2.75, 3.05) is 13.1 Å². The molecular formula is C16H22N4O. The van der Waals surface area contributed by atoms with Crippen molar-refractivity contribution in [2.24, 2.45) is 0 Å². The van der Waals surface area contributed by atoms with E-state index in [9.17, 15) is 0 Å². The van der Waals surface area contributed by atoms with Gasteiger partial charge in [-0.05, 0) is 32.9 Å². The molecule has 3 rings (SSSR count). The first kappa shape index (κ1) is 14.2. The molecule has 0 bridgehead atoms. The molecule has 5 nitrogen and oxygen atoms in total. The monoisotopic (exact) mass is 286 g/mol. The number of aryl methyl sites for hydroxylation is 1. The Bertz CT molecular complexity index is 583. The van der Waals surface area contributed by atoms with E-state index in [1.807, 2.05) is 12.1 Å². The van der Waals surface area contributed by atoms with E-state index in [1.54, 1.807) is 0 Å². The summed E-state index contributed by atoms with van der Waals surface area (Å²) in [5.41, 5.74) is 2.20. The predicted octanol–water partition coefficient (Wildman–Crippen LogP) is 2.23. The quantitative estimate of drug-likeness (QED) is 0.937. The lowest BCUT2D eigenvalue weighted by Gasteiger charge is -2.35. The molecule has 0 saturated carbocycles. The van der Waals surface area contributed by atoms with Crippen LogP contribution in [0.4, 0.5) is 0 Å². The van der Waals surface area contributed by atoms with E-state index in [2.05, 4.69) is 53.3 Å². The van der Waals surface area contributed by atoms with Crippen molar-refractivity contribution < 1.29 is 4.42 Å². The molecule has 1 aliphatic rings. The maximum atomic E-state index is 5.80. The molecule has 1 aromatic carbocycles. The van der Waals surface area contributed by atoms with Gasteiger partial charge in [-0.15, -0.1) is 10.2 Å². The van der Waals surface area contributed by atoms with Crippen LogP contribution in [0.15, 0.2) is 28.7 Å². The summed E-state index contributed by atoms with van der Waals surface area (Å²) in [4.78, 5) is 2.36. The van der Waals surface area contributed by atoms with Gasteiger partial charge in [-0.1, -0.05) is 17.7 Å². The molecule has 0 radical (unpaired) electrons. The standard InChI is InChI=1S/C16H22N4O/c1-11-4-6-14(7-5-11)16-19-18-15(21-16)10-20-8-12(2)17-13(3)9-20/h4-7,12-13,17H,8-10H2,1-3H3. The van der Waals surface area contributed by atoms with Crippen LogP contribution in [0.3, 0.4) is 0 Å². The zero-order chi connectivity index (χ0) is 14.8. The third-order valence-corrected chi connectivity index (χ3v) is 3.76. The van der Waals surface area contributed by atoms with Crippen LogP contribution in [-0.2, 0) is 6.54 Å². The number of benzene rings is 1. The summed E-state index contributed by atoms with van der Waals surface area (Å²) in [5.74, 6) is 1.29. The molecule has 0 amide bonds. The van der Waals surface area contributed by atoms with Gasteiger partial charge in [0.05, 0.1) is 6.54 Å². The number of piperazine rings is 1. The number of nitrogens with one attached hydrogen (secondary N) is 1. The Kier molecular flexibility index (Phi) is 4.03. The second-order valence-corrected chi connectivity index (χ2v) is 6.03. The molecule has 1 saturated heterocycles. The molecule has 0 aliphatic carbocycles. The summed E-state index contributed by atoms with van der Waals surface area (Å²) < 4.78 is 5.80. The number of rotatable bonds is 3. The van der Waals surface area contributed by atoms with Crippen LogP contribution < -0.4 is 5.32 Å². The molecule has 2 unspecified atom stereocenters. The minimum Gasteiger partial charge on any atom is -0.419 e. The van der Waals surface area contributed by atoms with Gasteiger partial charge in [-0.3, -0.25) is 4.90 Å². The van der Waals surface area contributed by atoms with Crippen LogP contribution in [0.2, 0.25) is 0 Å². The smallest absolute Gasteiger partial charge is 0.247 e. The lowest BCUT2D eigenvalue weighted by atomic mass is 10.1. The van der Waals surface area contributed by atoms with Gasteiger partial charge in [0, 0.05) is 30.7 Å². The molecule has 21 heavy (non-hydrogen) atoms. The second kappa shape index (κ2) is 5.95. The van der Waals surface area contributed by atoms with E-state index in [4.69, 9.17) is 4.42 Å². The molecule has 2 aromatic rings.